The largest absolute Gasteiger partial charge is 0.477 e. The van der Waals surface area contributed by atoms with E-state index in [9.17, 15) is 18.7 Å². The number of carbonyl (C=O) groups is 1. The number of rotatable bonds is 2. The Morgan fingerprint density at radius 3 is 2.67 bits per heavy atom. The van der Waals surface area contributed by atoms with Crippen LogP contribution in [0.5, 0.6) is 0 Å². The molecule has 2 rings (SSSR count). The van der Waals surface area contributed by atoms with Crippen molar-refractivity contribution in [2.24, 2.45) is 0 Å². The topological polar surface area (TPSA) is 57.5 Å². The maximum absolute atomic E-state index is 13.5. The number of carboxylic acid groups (broad SMARTS) is 1. The van der Waals surface area contributed by atoms with Crippen molar-refractivity contribution in [2.75, 3.05) is 0 Å². The predicted octanol–water partition coefficient (Wildman–Crippen LogP) is 2.39. The van der Waals surface area contributed by atoms with Crippen LogP contribution in [0.4, 0.5) is 8.78 Å². The molecule has 1 aliphatic rings. The number of benzene rings is 1. The van der Waals surface area contributed by atoms with Crippen LogP contribution in [0.25, 0.3) is 0 Å². The zero-order valence-electron chi connectivity index (χ0n) is 9.29. The highest BCUT2D eigenvalue weighted by atomic mass is 79.9. The zero-order chi connectivity index (χ0) is 13.6. The van der Waals surface area contributed by atoms with Crippen LogP contribution in [0.1, 0.15) is 17.5 Å². The van der Waals surface area contributed by atoms with Crippen molar-refractivity contribution < 1.29 is 23.8 Å². The number of aliphatic hydroxyl groups is 1. The summed E-state index contributed by atoms with van der Waals surface area (Å²) in [5, 5.41) is 18.5. The first kappa shape index (κ1) is 13.4. The fourth-order valence-corrected chi connectivity index (χ4v) is 2.62. The first-order valence-electron chi connectivity index (χ1n) is 5.37. The van der Waals surface area contributed by atoms with Gasteiger partial charge in [0, 0.05) is 10.9 Å². The van der Waals surface area contributed by atoms with E-state index < -0.39 is 17.5 Å². The molecule has 0 saturated carbocycles. The fourth-order valence-electron chi connectivity index (χ4n) is 2.21. The van der Waals surface area contributed by atoms with Crippen LogP contribution < -0.4 is 0 Å². The van der Waals surface area contributed by atoms with Crippen molar-refractivity contribution in [3.63, 3.8) is 0 Å². The molecule has 1 aromatic carbocycles. The van der Waals surface area contributed by atoms with Gasteiger partial charge in [-0.2, -0.15) is 8.78 Å². The first-order valence-corrected chi connectivity index (χ1v) is 6.16. The number of aliphatic carboxylic acids is 1. The molecule has 0 radical (unpaired) electrons. The molecular formula is C12H11BrF2O3. The van der Waals surface area contributed by atoms with Crippen LogP contribution >= 0.6 is 15.9 Å². The molecule has 0 bridgehead atoms. The molecule has 3 nitrogen and oxygen atoms in total. The smallest absolute Gasteiger partial charge is 0.377 e. The van der Waals surface area contributed by atoms with Crippen molar-refractivity contribution in [2.45, 2.75) is 30.8 Å². The molecule has 98 valence electrons. The van der Waals surface area contributed by atoms with Gasteiger partial charge in [0.1, 0.15) is 5.60 Å². The van der Waals surface area contributed by atoms with Gasteiger partial charge in [0.15, 0.2) is 0 Å². The highest BCUT2D eigenvalue weighted by molar-refractivity contribution is 9.10. The standard InChI is InChI=1S/C12H11BrF2O3/c13-9-2-1-8-6-11(18,4-3-7(8)5-9)12(14,15)10(16)17/h1-2,5,18H,3-4,6H2,(H,16,17). The Labute approximate surface area is 111 Å². The Morgan fingerprint density at radius 1 is 1.39 bits per heavy atom. The third-order valence-corrected chi connectivity index (χ3v) is 3.81. The number of hydrogen-bond acceptors (Lipinski definition) is 2. The van der Waals surface area contributed by atoms with Crippen molar-refractivity contribution in [1.29, 1.82) is 0 Å². The van der Waals surface area contributed by atoms with Crippen LogP contribution in [0.15, 0.2) is 22.7 Å². The van der Waals surface area contributed by atoms with E-state index in [0.717, 1.165) is 10.0 Å². The Morgan fingerprint density at radius 2 is 2.06 bits per heavy atom. The van der Waals surface area contributed by atoms with Crippen molar-refractivity contribution >= 4 is 21.9 Å². The average molecular weight is 321 g/mol. The summed E-state index contributed by atoms with van der Waals surface area (Å²) in [7, 11) is 0. The quantitative estimate of drug-likeness (QED) is 0.879. The third kappa shape index (κ3) is 2.03. The summed E-state index contributed by atoms with van der Waals surface area (Å²) in [6.45, 7) is 0. The lowest BCUT2D eigenvalue weighted by Crippen LogP contribution is -2.56. The lowest BCUT2D eigenvalue weighted by molar-refractivity contribution is -0.211. The minimum Gasteiger partial charge on any atom is -0.477 e. The van der Waals surface area contributed by atoms with Gasteiger partial charge < -0.3 is 10.2 Å². The molecular weight excluding hydrogens is 310 g/mol. The van der Waals surface area contributed by atoms with Crippen LogP contribution in [0.3, 0.4) is 0 Å². The first-order chi connectivity index (χ1) is 8.26. The van der Waals surface area contributed by atoms with E-state index in [0.29, 0.717) is 5.56 Å². The molecule has 1 atom stereocenters. The Balaban J connectivity index is 2.37. The molecule has 1 aliphatic carbocycles. The van der Waals surface area contributed by atoms with Crippen LogP contribution in [-0.4, -0.2) is 27.7 Å². The summed E-state index contributed by atoms with van der Waals surface area (Å²) in [6.07, 6.45) is -0.390. The molecule has 0 heterocycles. The van der Waals surface area contributed by atoms with E-state index in [1.807, 2.05) is 0 Å². The van der Waals surface area contributed by atoms with Gasteiger partial charge in [0.25, 0.3) is 0 Å². The number of halogens is 3. The van der Waals surface area contributed by atoms with Gasteiger partial charge in [0.2, 0.25) is 0 Å². The normalized spacial score (nSPS) is 23.6. The van der Waals surface area contributed by atoms with Gasteiger partial charge in [0.05, 0.1) is 0 Å². The molecule has 0 saturated heterocycles. The third-order valence-electron chi connectivity index (χ3n) is 3.31. The lowest BCUT2D eigenvalue weighted by Gasteiger charge is -2.37. The van der Waals surface area contributed by atoms with E-state index in [-0.39, 0.29) is 19.3 Å². The van der Waals surface area contributed by atoms with Gasteiger partial charge in [-0.05, 0) is 36.1 Å². The minimum atomic E-state index is -4.14. The zero-order valence-corrected chi connectivity index (χ0v) is 10.9. The highest BCUT2D eigenvalue weighted by Crippen LogP contribution is 2.40. The molecule has 0 fully saturated rings. The van der Waals surface area contributed by atoms with Gasteiger partial charge >= 0.3 is 11.9 Å². The van der Waals surface area contributed by atoms with Gasteiger partial charge in [-0.15, -0.1) is 0 Å². The molecule has 2 N–H and O–H groups in total. The van der Waals surface area contributed by atoms with Crippen LogP contribution in [0, 0.1) is 0 Å². The predicted molar refractivity (Wildman–Crippen MR) is 63.7 cm³/mol. The van der Waals surface area contributed by atoms with Gasteiger partial charge in [-0.1, -0.05) is 22.0 Å². The Bertz CT molecular complexity index is 504. The monoisotopic (exact) mass is 320 g/mol. The van der Waals surface area contributed by atoms with E-state index in [1.165, 1.54) is 0 Å². The lowest BCUT2D eigenvalue weighted by atomic mass is 9.77. The molecule has 1 aromatic rings. The number of alkyl halides is 2. The highest BCUT2D eigenvalue weighted by Gasteiger charge is 2.59. The van der Waals surface area contributed by atoms with E-state index in [4.69, 9.17) is 5.11 Å². The molecule has 0 aliphatic heterocycles. The summed E-state index contributed by atoms with van der Waals surface area (Å²) in [5.41, 5.74) is -1.09. The van der Waals surface area contributed by atoms with E-state index in [1.54, 1.807) is 18.2 Å². The number of carboxylic acids is 1. The second kappa shape index (κ2) is 4.28. The number of fused-ring (bicyclic) bond motifs is 1. The Kier molecular flexibility index (Phi) is 3.19. The van der Waals surface area contributed by atoms with Crippen molar-refractivity contribution in [3.8, 4) is 0 Å². The minimum absolute atomic E-state index is 0.230. The number of aryl methyl sites for hydroxylation is 1. The summed E-state index contributed by atoms with van der Waals surface area (Å²) < 4.78 is 27.9. The van der Waals surface area contributed by atoms with Gasteiger partial charge in [-0.25, -0.2) is 4.79 Å². The summed E-state index contributed by atoms with van der Waals surface area (Å²) in [5.74, 6) is -6.43. The summed E-state index contributed by atoms with van der Waals surface area (Å²) in [4.78, 5) is 10.6. The molecule has 18 heavy (non-hydrogen) atoms. The second-order valence-electron chi connectivity index (χ2n) is 4.50. The molecule has 0 amide bonds. The Hall–Kier alpha value is -1.01. The second-order valence-corrected chi connectivity index (χ2v) is 5.42. The van der Waals surface area contributed by atoms with Crippen LogP contribution in [0.2, 0.25) is 0 Å². The van der Waals surface area contributed by atoms with Crippen molar-refractivity contribution in [1.82, 2.24) is 0 Å². The van der Waals surface area contributed by atoms with Gasteiger partial charge in [-0.3, -0.25) is 0 Å². The molecule has 1 unspecified atom stereocenters. The molecule has 0 aromatic heterocycles. The number of hydrogen-bond donors (Lipinski definition) is 2. The fraction of sp³-hybridized carbons (Fsp3) is 0.417. The molecule has 6 heteroatoms. The van der Waals surface area contributed by atoms with Crippen LogP contribution in [-0.2, 0) is 17.6 Å². The maximum Gasteiger partial charge on any atom is 0.377 e. The average Bonchev–Trinajstić information content (AvgIpc) is 2.29. The SMILES string of the molecule is O=C(O)C(F)(F)C1(O)CCc2cc(Br)ccc2C1. The summed E-state index contributed by atoms with van der Waals surface area (Å²) in [6, 6.07) is 5.11. The van der Waals surface area contributed by atoms with E-state index >= 15 is 0 Å². The molecule has 0 spiro atoms. The summed E-state index contributed by atoms with van der Waals surface area (Å²) >= 11 is 3.28. The van der Waals surface area contributed by atoms with Crippen molar-refractivity contribution in [3.05, 3.63) is 33.8 Å². The van der Waals surface area contributed by atoms with E-state index in [2.05, 4.69) is 15.9 Å². The maximum atomic E-state index is 13.5.